The van der Waals surface area contributed by atoms with Gasteiger partial charge >= 0.3 is 5.52 Å². The zero-order valence-electron chi connectivity index (χ0n) is 11.0. The van der Waals surface area contributed by atoms with Crippen LogP contribution in [0.5, 0.6) is 5.75 Å². The van der Waals surface area contributed by atoms with Crippen molar-refractivity contribution in [3.05, 3.63) is 40.0 Å². The Balaban J connectivity index is 2.70. The van der Waals surface area contributed by atoms with Gasteiger partial charge in [-0.2, -0.15) is 9.46 Å². The highest BCUT2D eigenvalue weighted by molar-refractivity contribution is 5.79. The van der Waals surface area contributed by atoms with Crippen molar-refractivity contribution in [3.8, 4) is 5.75 Å². The summed E-state index contributed by atoms with van der Waals surface area (Å²) >= 11 is 0. The molecular formula is C13H14N2O4. The second-order valence-corrected chi connectivity index (χ2v) is 4.37. The molecule has 0 radical (unpaired) electrons. The SMILES string of the molecule is CC(=O)COc1cccc2c1[n+]([O-])c(C)c(C)[n+]2[O-]. The van der Waals surface area contributed by atoms with Crippen LogP contribution in [0.4, 0.5) is 0 Å². The number of para-hydroxylation sites is 1. The minimum atomic E-state index is -0.159. The molecule has 0 aliphatic rings. The Kier molecular flexibility index (Phi) is 3.25. The van der Waals surface area contributed by atoms with Gasteiger partial charge in [0.1, 0.15) is 6.61 Å². The molecular weight excluding hydrogens is 248 g/mol. The maximum Gasteiger partial charge on any atom is 0.332 e. The van der Waals surface area contributed by atoms with E-state index in [9.17, 15) is 15.2 Å². The van der Waals surface area contributed by atoms with Crippen LogP contribution in [0.15, 0.2) is 18.2 Å². The number of carbonyl (C=O) groups is 1. The van der Waals surface area contributed by atoms with Crippen LogP contribution in [0.1, 0.15) is 18.3 Å². The number of Topliss-reactive ketones (excluding diaryl/α,β-unsaturated/α-hetero) is 1. The van der Waals surface area contributed by atoms with Gasteiger partial charge < -0.3 is 15.2 Å². The third-order valence-electron chi connectivity index (χ3n) is 2.96. The first-order valence-corrected chi connectivity index (χ1v) is 5.80. The van der Waals surface area contributed by atoms with Crippen molar-refractivity contribution < 1.29 is 19.0 Å². The molecule has 0 bridgehead atoms. The summed E-state index contributed by atoms with van der Waals surface area (Å²) in [5.41, 5.74) is 1.01. The molecule has 1 heterocycles. The van der Waals surface area contributed by atoms with E-state index in [1.807, 2.05) is 0 Å². The molecule has 0 atom stereocenters. The maximum atomic E-state index is 12.2. The molecule has 100 valence electrons. The summed E-state index contributed by atoms with van der Waals surface area (Å²) in [6.45, 7) is 4.40. The van der Waals surface area contributed by atoms with Crippen molar-refractivity contribution >= 4 is 16.8 Å². The second-order valence-electron chi connectivity index (χ2n) is 4.37. The molecule has 0 fully saturated rings. The van der Waals surface area contributed by atoms with Gasteiger partial charge in [-0.3, -0.25) is 4.79 Å². The van der Waals surface area contributed by atoms with E-state index in [0.29, 0.717) is 20.8 Å². The molecule has 6 heteroatoms. The van der Waals surface area contributed by atoms with E-state index in [1.54, 1.807) is 32.0 Å². The van der Waals surface area contributed by atoms with Crippen molar-refractivity contribution in [1.82, 2.24) is 0 Å². The number of fused-ring (bicyclic) bond motifs is 1. The number of carbonyl (C=O) groups excluding carboxylic acids is 1. The van der Waals surface area contributed by atoms with Crippen LogP contribution < -0.4 is 14.2 Å². The summed E-state index contributed by atoms with van der Waals surface area (Å²) in [7, 11) is 0. The second kappa shape index (κ2) is 4.72. The smallest absolute Gasteiger partial charge is 0.332 e. The number of ketones is 1. The monoisotopic (exact) mass is 262 g/mol. The van der Waals surface area contributed by atoms with Crippen LogP contribution in [-0.2, 0) is 4.79 Å². The van der Waals surface area contributed by atoms with Crippen LogP contribution in [-0.4, -0.2) is 12.4 Å². The van der Waals surface area contributed by atoms with Gasteiger partial charge in [-0.05, 0) is 13.0 Å². The van der Waals surface area contributed by atoms with E-state index in [2.05, 4.69) is 0 Å². The van der Waals surface area contributed by atoms with Gasteiger partial charge in [0.05, 0.1) is 0 Å². The molecule has 2 rings (SSSR count). The molecule has 0 unspecified atom stereocenters. The van der Waals surface area contributed by atoms with E-state index < -0.39 is 0 Å². The predicted octanol–water partition coefficient (Wildman–Crippen LogP) is 0.691. The minimum Gasteiger partial charge on any atom is -0.618 e. The Morgan fingerprint density at radius 1 is 1.21 bits per heavy atom. The third kappa shape index (κ3) is 2.16. The quantitative estimate of drug-likeness (QED) is 0.602. The average Bonchev–Trinajstić information content (AvgIpc) is 2.39. The molecule has 1 aromatic carbocycles. The zero-order chi connectivity index (χ0) is 14.2. The Morgan fingerprint density at radius 2 is 1.84 bits per heavy atom. The van der Waals surface area contributed by atoms with Crippen LogP contribution >= 0.6 is 0 Å². The van der Waals surface area contributed by atoms with Gasteiger partial charge in [-0.25, -0.2) is 0 Å². The summed E-state index contributed by atoms with van der Waals surface area (Å²) in [6, 6.07) is 4.72. The molecule has 0 spiro atoms. The van der Waals surface area contributed by atoms with Crippen LogP contribution in [0, 0.1) is 24.3 Å². The summed E-state index contributed by atoms with van der Waals surface area (Å²) in [6.07, 6.45) is 0. The molecule has 0 saturated carbocycles. The molecule has 0 aliphatic heterocycles. The standard InChI is InChI=1S/C13H14N2O4/c1-8(16)7-19-12-6-4-5-11-13(12)15(18)10(3)9(2)14(11)17/h4-6H,7H2,1-3H3. The number of hydrogen-bond donors (Lipinski definition) is 0. The van der Waals surface area contributed by atoms with Crippen LogP contribution in [0.25, 0.3) is 11.0 Å². The van der Waals surface area contributed by atoms with Gasteiger partial charge in [-0.15, -0.1) is 0 Å². The normalized spacial score (nSPS) is 10.7. The number of hydrogen-bond acceptors (Lipinski definition) is 4. The molecule has 2 aromatic rings. The Morgan fingerprint density at radius 3 is 2.47 bits per heavy atom. The Bertz CT molecular complexity index is 667. The van der Waals surface area contributed by atoms with Crippen molar-refractivity contribution in [2.24, 2.45) is 0 Å². The van der Waals surface area contributed by atoms with Crippen molar-refractivity contribution in [2.45, 2.75) is 20.8 Å². The Hall–Kier alpha value is -2.37. The lowest BCUT2D eigenvalue weighted by molar-refractivity contribution is -0.638. The van der Waals surface area contributed by atoms with Crippen molar-refractivity contribution in [1.29, 1.82) is 0 Å². The number of aromatic nitrogens is 2. The fraction of sp³-hybridized carbons (Fsp3) is 0.308. The number of ether oxygens (including phenoxy) is 1. The molecule has 0 amide bonds. The van der Waals surface area contributed by atoms with E-state index >= 15 is 0 Å². The number of benzene rings is 1. The van der Waals surface area contributed by atoms with Crippen LogP contribution in [0.3, 0.4) is 0 Å². The lowest BCUT2D eigenvalue weighted by Crippen LogP contribution is -2.43. The first kappa shape index (κ1) is 13.1. The van der Waals surface area contributed by atoms with E-state index in [-0.39, 0.29) is 29.2 Å². The Labute approximate surface area is 110 Å². The fourth-order valence-electron chi connectivity index (χ4n) is 1.82. The topological polar surface area (TPSA) is 80.2 Å². The molecule has 1 aromatic heterocycles. The highest BCUT2D eigenvalue weighted by Gasteiger charge is 2.25. The number of nitrogens with zero attached hydrogens (tertiary/aromatic N) is 2. The summed E-state index contributed by atoms with van der Waals surface area (Å²) in [4.78, 5) is 10.9. The molecule has 0 aliphatic carbocycles. The zero-order valence-corrected chi connectivity index (χ0v) is 11.0. The predicted molar refractivity (Wildman–Crippen MR) is 67.5 cm³/mol. The lowest BCUT2D eigenvalue weighted by atomic mass is 10.2. The van der Waals surface area contributed by atoms with Gasteiger partial charge in [0.2, 0.25) is 0 Å². The first-order valence-electron chi connectivity index (χ1n) is 5.80. The van der Waals surface area contributed by atoms with E-state index in [1.165, 1.54) is 6.92 Å². The highest BCUT2D eigenvalue weighted by atomic mass is 16.5. The highest BCUT2D eigenvalue weighted by Crippen LogP contribution is 2.21. The first-order chi connectivity index (χ1) is 8.93. The van der Waals surface area contributed by atoms with Crippen molar-refractivity contribution in [2.75, 3.05) is 6.61 Å². The molecule has 0 N–H and O–H groups in total. The molecule has 0 saturated heterocycles. The summed E-state index contributed by atoms with van der Waals surface area (Å²) < 4.78 is 6.64. The maximum absolute atomic E-state index is 12.2. The van der Waals surface area contributed by atoms with Crippen molar-refractivity contribution in [3.63, 3.8) is 0 Å². The van der Waals surface area contributed by atoms with Gasteiger partial charge in [0.25, 0.3) is 16.9 Å². The summed E-state index contributed by atoms with van der Waals surface area (Å²) in [5, 5.41) is 24.2. The lowest BCUT2D eigenvalue weighted by Gasteiger charge is -2.11. The van der Waals surface area contributed by atoms with Gasteiger partial charge in [0.15, 0.2) is 11.5 Å². The van der Waals surface area contributed by atoms with Crippen LogP contribution in [0.2, 0.25) is 0 Å². The third-order valence-corrected chi connectivity index (χ3v) is 2.96. The summed E-state index contributed by atoms with van der Waals surface area (Å²) in [5.74, 6) is 0.0729. The van der Waals surface area contributed by atoms with E-state index in [0.717, 1.165) is 0 Å². The van der Waals surface area contributed by atoms with E-state index in [4.69, 9.17) is 4.74 Å². The largest absolute Gasteiger partial charge is 0.618 e. The average molecular weight is 262 g/mol. The molecule has 19 heavy (non-hydrogen) atoms. The molecule has 6 nitrogen and oxygen atoms in total. The van der Waals surface area contributed by atoms with Gasteiger partial charge in [0, 0.05) is 19.9 Å². The number of rotatable bonds is 3. The van der Waals surface area contributed by atoms with Gasteiger partial charge in [-0.1, -0.05) is 6.07 Å². The fourth-order valence-corrected chi connectivity index (χ4v) is 1.82. The minimum absolute atomic E-state index is 0.134.